The van der Waals surface area contributed by atoms with Crippen LogP contribution < -0.4 is 19.1 Å². The van der Waals surface area contributed by atoms with E-state index in [9.17, 15) is 17.6 Å². The smallest absolute Gasteiger partial charge is 0.299 e. The van der Waals surface area contributed by atoms with Gasteiger partial charge in [0.25, 0.3) is 11.9 Å². The third kappa shape index (κ3) is 5.14. The molecule has 0 saturated heterocycles. The van der Waals surface area contributed by atoms with Crippen LogP contribution in [0.4, 0.5) is 10.4 Å². The van der Waals surface area contributed by atoms with Gasteiger partial charge in [-0.3, -0.25) is 9.52 Å². The number of nitrogens with zero attached hydrogens (tertiary/aromatic N) is 2. The van der Waals surface area contributed by atoms with Crippen molar-refractivity contribution in [3.8, 4) is 11.5 Å². The number of rotatable bonds is 8. The first-order chi connectivity index (χ1) is 18.3. The normalized spacial score (nSPS) is 15.2. The van der Waals surface area contributed by atoms with Crippen molar-refractivity contribution in [3.63, 3.8) is 0 Å². The number of carbonyl (C=O) groups excluding carboxylic acids is 1. The van der Waals surface area contributed by atoms with Crippen LogP contribution in [0.2, 0.25) is 0 Å². The highest BCUT2D eigenvalue weighted by molar-refractivity contribution is 7.90. The van der Waals surface area contributed by atoms with Crippen LogP contribution in [0.15, 0.2) is 65.1 Å². The van der Waals surface area contributed by atoms with Crippen LogP contribution in [0, 0.1) is 5.82 Å². The minimum absolute atomic E-state index is 0.0767. The van der Waals surface area contributed by atoms with Crippen LogP contribution in [0.5, 0.6) is 11.5 Å². The second kappa shape index (κ2) is 10.3. The Bertz CT molecular complexity index is 1590. The third-order valence-electron chi connectivity index (χ3n) is 6.41. The zero-order valence-corrected chi connectivity index (χ0v) is 21.6. The van der Waals surface area contributed by atoms with Gasteiger partial charge in [-0.15, -0.1) is 0 Å². The Labute approximate surface area is 219 Å². The molecule has 1 N–H and O–H groups in total. The second-order valence-corrected chi connectivity index (χ2v) is 10.8. The molecule has 1 amide bonds. The molecule has 1 unspecified atom stereocenters. The van der Waals surface area contributed by atoms with Crippen molar-refractivity contribution in [2.75, 3.05) is 17.8 Å². The highest BCUT2D eigenvalue weighted by Gasteiger charge is 2.38. The number of sulfonamides is 1. The average Bonchev–Trinajstić information content (AvgIpc) is 3.34. The van der Waals surface area contributed by atoms with Gasteiger partial charge >= 0.3 is 0 Å². The first-order valence-electron chi connectivity index (χ1n) is 12.0. The number of methoxy groups -OCH3 is 1. The minimum Gasteiger partial charge on any atom is -0.493 e. The van der Waals surface area contributed by atoms with Crippen LogP contribution in [0.1, 0.15) is 23.6 Å². The zero-order chi connectivity index (χ0) is 26.9. The van der Waals surface area contributed by atoms with Gasteiger partial charge in [0.2, 0.25) is 10.0 Å². The Morgan fingerprint density at radius 2 is 1.97 bits per heavy atom. The predicted molar refractivity (Wildman–Crippen MR) is 139 cm³/mol. The summed E-state index contributed by atoms with van der Waals surface area (Å²) in [6, 6.07) is 16.3. The van der Waals surface area contributed by atoms with Crippen LogP contribution in [-0.4, -0.2) is 38.2 Å². The number of anilines is 1. The van der Waals surface area contributed by atoms with Crippen molar-refractivity contribution in [2.45, 2.75) is 32.5 Å². The van der Waals surface area contributed by atoms with E-state index in [0.717, 1.165) is 11.1 Å². The van der Waals surface area contributed by atoms with Gasteiger partial charge < -0.3 is 18.8 Å². The van der Waals surface area contributed by atoms with Crippen LogP contribution in [-0.2, 0) is 34.4 Å². The number of oxazole rings is 1. The van der Waals surface area contributed by atoms with Gasteiger partial charge in [-0.05, 0) is 36.2 Å². The number of carbonyl (C=O) groups is 1. The lowest BCUT2D eigenvalue weighted by molar-refractivity contribution is -0.120. The van der Waals surface area contributed by atoms with Gasteiger partial charge in [-0.2, -0.15) is 4.98 Å². The fraction of sp³-hybridized carbons (Fsp3) is 0.259. The van der Waals surface area contributed by atoms with Gasteiger partial charge in [0.05, 0.1) is 12.9 Å². The zero-order valence-electron chi connectivity index (χ0n) is 20.8. The number of fused-ring (bicyclic) bond motifs is 2. The second-order valence-electron chi connectivity index (χ2n) is 8.83. The Morgan fingerprint density at radius 1 is 1.18 bits per heavy atom. The highest BCUT2D eigenvalue weighted by atomic mass is 32.2. The lowest BCUT2D eigenvalue weighted by Gasteiger charge is -2.35. The number of aromatic nitrogens is 1. The average molecular weight is 540 g/mol. The Balaban J connectivity index is 1.56. The molecule has 38 heavy (non-hydrogen) atoms. The largest absolute Gasteiger partial charge is 0.493 e. The van der Waals surface area contributed by atoms with Crippen molar-refractivity contribution in [2.24, 2.45) is 0 Å². The number of ether oxygens (including phenoxy) is 2. The highest BCUT2D eigenvalue weighted by Crippen LogP contribution is 2.40. The van der Waals surface area contributed by atoms with Gasteiger partial charge in [0, 0.05) is 24.6 Å². The van der Waals surface area contributed by atoms with Crippen molar-refractivity contribution in [1.29, 1.82) is 0 Å². The topological polar surface area (TPSA) is 111 Å². The molecule has 0 bridgehead atoms. The molecule has 0 radical (unpaired) electrons. The molecule has 1 aliphatic heterocycles. The van der Waals surface area contributed by atoms with Gasteiger partial charge in [-0.25, -0.2) is 12.8 Å². The maximum atomic E-state index is 13.8. The molecular formula is C27H26FN3O6S. The fourth-order valence-electron chi connectivity index (χ4n) is 4.40. The van der Waals surface area contributed by atoms with Crippen molar-refractivity contribution < 1.29 is 31.5 Å². The number of hydrogen-bond acceptors (Lipinski definition) is 8. The molecule has 4 aromatic rings. The fourth-order valence-corrected chi connectivity index (χ4v) is 4.99. The Hall–Kier alpha value is -4.12. The summed E-state index contributed by atoms with van der Waals surface area (Å²) in [7, 11) is -2.30. The lowest BCUT2D eigenvalue weighted by Crippen LogP contribution is -2.52. The van der Waals surface area contributed by atoms with E-state index < -0.39 is 27.8 Å². The summed E-state index contributed by atoms with van der Waals surface area (Å²) in [5, 5.41) is 0. The number of amides is 1. The molecule has 3 aromatic carbocycles. The van der Waals surface area contributed by atoms with Gasteiger partial charge in [0.1, 0.15) is 24.0 Å². The first kappa shape index (κ1) is 25.5. The van der Waals surface area contributed by atoms with E-state index in [1.807, 2.05) is 36.4 Å². The summed E-state index contributed by atoms with van der Waals surface area (Å²) >= 11 is 0. The summed E-state index contributed by atoms with van der Waals surface area (Å²) in [5.74, 6) is -0.513. The van der Waals surface area contributed by atoms with Crippen LogP contribution in [0.25, 0.3) is 11.1 Å². The standard InChI is InChI=1S/C27H26FN3O6S/c1-3-38(33,34)30-26(32)22-14-20-18(15-31(22)27-29-21-11-10-19(28)13-24(21)37-27)9-12-23(35-2)25(20)36-16-17-7-5-4-6-8-17/h4-13,22H,3,14-16H2,1-2H3,(H,30,32). The van der Waals surface area contributed by atoms with E-state index in [1.165, 1.54) is 32.2 Å². The Morgan fingerprint density at radius 3 is 2.71 bits per heavy atom. The summed E-state index contributed by atoms with van der Waals surface area (Å²) in [6.45, 7) is 1.88. The van der Waals surface area contributed by atoms with Gasteiger partial charge in [-0.1, -0.05) is 36.4 Å². The predicted octanol–water partition coefficient (Wildman–Crippen LogP) is 3.95. The monoisotopic (exact) mass is 539 g/mol. The van der Waals surface area contributed by atoms with Crippen molar-refractivity contribution >= 4 is 33.0 Å². The van der Waals surface area contributed by atoms with Crippen molar-refractivity contribution in [1.82, 2.24) is 9.71 Å². The quantitative estimate of drug-likeness (QED) is 0.358. The lowest BCUT2D eigenvalue weighted by atomic mass is 9.92. The molecule has 11 heteroatoms. The molecule has 2 heterocycles. The van der Waals surface area contributed by atoms with E-state index >= 15 is 0 Å². The van der Waals surface area contributed by atoms with E-state index in [-0.39, 0.29) is 36.9 Å². The van der Waals surface area contributed by atoms with Gasteiger partial charge in [0.15, 0.2) is 17.1 Å². The molecule has 0 fully saturated rings. The molecule has 1 aromatic heterocycles. The maximum Gasteiger partial charge on any atom is 0.299 e. The number of benzene rings is 3. The van der Waals surface area contributed by atoms with E-state index in [1.54, 1.807) is 11.0 Å². The molecule has 0 spiro atoms. The van der Waals surface area contributed by atoms with E-state index in [0.29, 0.717) is 22.6 Å². The molecule has 1 atom stereocenters. The summed E-state index contributed by atoms with van der Waals surface area (Å²) < 4.78 is 58.0. The van der Waals surface area contributed by atoms with Crippen LogP contribution in [0.3, 0.4) is 0 Å². The SMILES string of the molecule is CCS(=O)(=O)NC(=O)C1Cc2c(ccc(OC)c2OCc2ccccc2)CN1c1nc2ccc(F)cc2o1. The van der Waals surface area contributed by atoms with E-state index in [2.05, 4.69) is 9.71 Å². The molecule has 9 nitrogen and oxygen atoms in total. The maximum absolute atomic E-state index is 13.8. The molecule has 1 aliphatic rings. The van der Waals surface area contributed by atoms with Crippen molar-refractivity contribution in [3.05, 3.63) is 83.2 Å². The number of halogens is 1. The summed E-state index contributed by atoms with van der Waals surface area (Å²) in [6.07, 6.45) is 0.0921. The Kier molecular flexibility index (Phi) is 6.94. The molecule has 5 rings (SSSR count). The molecule has 198 valence electrons. The summed E-state index contributed by atoms with van der Waals surface area (Å²) in [4.78, 5) is 19.4. The van der Waals surface area contributed by atoms with E-state index in [4.69, 9.17) is 13.9 Å². The summed E-state index contributed by atoms with van der Waals surface area (Å²) in [5.41, 5.74) is 3.12. The number of nitrogens with one attached hydrogen (secondary N) is 1. The molecular weight excluding hydrogens is 513 g/mol. The van der Waals surface area contributed by atoms with Crippen LogP contribution >= 0.6 is 0 Å². The first-order valence-corrected chi connectivity index (χ1v) is 13.7. The molecule has 0 aliphatic carbocycles. The number of hydrogen-bond donors (Lipinski definition) is 1. The molecule has 0 saturated carbocycles. The minimum atomic E-state index is -3.83. The third-order valence-corrected chi connectivity index (χ3v) is 7.68.